The molecule has 0 aromatic heterocycles. The zero-order valence-electron chi connectivity index (χ0n) is 10.5. The molecule has 2 aromatic rings. The number of para-hydroxylation sites is 1. The molecule has 0 radical (unpaired) electrons. The van der Waals surface area contributed by atoms with E-state index in [-0.39, 0.29) is 12.4 Å². The van der Waals surface area contributed by atoms with E-state index in [2.05, 4.69) is 5.16 Å². The molecule has 19 heavy (non-hydrogen) atoms. The molecule has 0 spiro atoms. The van der Waals surface area contributed by atoms with Crippen molar-refractivity contribution in [2.75, 3.05) is 0 Å². The molecule has 0 unspecified atom stereocenters. The van der Waals surface area contributed by atoms with Crippen LogP contribution in [0, 0.1) is 5.82 Å². The third-order valence-electron chi connectivity index (χ3n) is 2.38. The molecule has 0 amide bonds. The highest BCUT2D eigenvalue weighted by Gasteiger charge is 2.06. The fourth-order valence-corrected chi connectivity index (χ4v) is 1.52. The Morgan fingerprint density at radius 1 is 1.16 bits per heavy atom. The van der Waals surface area contributed by atoms with Crippen molar-refractivity contribution in [2.45, 2.75) is 13.5 Å². The maximum absolute atomic E-state index is 13.6. The molecule has 0 heterocycles. The van der Waals surface area contributed by atoms with Crippen LogP contribution in [0.15, 0.2) is 53.7 Å². The molecule has 0 fully saturated rings. The lowest BCUT2D eigenvalue weighted by molar-refractivity contribution is 0.131. The fraction of sp³-hybridized carbons (Fsp3) is 0.133. The van der Waals surface area contributed by atoms with Crippen LogP contribution in [0.4, 0.5) is 4.39 Å². The van der Waals surface area contributed by atoms with E-state index in [1.165, 1.54) is 6.07 Å². The Labute approximate surface area is 111 Å². The first-order chi connectivity index (χ1) is 9.29. The summed E-state index contributed by atoms with van der Waals surface area (Å²) in [4.78, 5) is 5.01. The lowest BCUT2D eigenvalue weighted by Gasteiger charge is -2.08. The molecule has 0 bridgehead atoms. The van der Waals surface area contributed by atoms with Crippen molar-refractivity contribution in [3.05, 3.63) is 59.9 Å². The van der Waals surface area contributed by atoms with E-state index in [4.69, 9.17) is 9.57 Å². The number of oxime groups is 1. The van der Waals surface area contributed by atoms with Gasteiger partial charge in [-0.2, -0.15) is 0 Å². The van der Waals surface area contributed by atoms with Crippen molar-refractivity contribution in [2.24, 2.45) is 5.16 Å². The van der Waals surface area contributed by atoms with Gasteiger partial charge in [0.05, 0.1) is 0 Å². The van der Waals surface area contributed by atoms with Gasteiger partial charge in [0.2, 0.25) is 0 Å². The first-order valence-corrected chi connectivity index (χ1v) is 5.91. The highest BCUT2D eigenvalue weighted by molar-refractivity contribution is 5.52. The van der Waals surface area contributed by atoms with E-state index in [9.17, 15) is 4.39 Å². The molecule has 98 valence electrons. The fourth-order valence-electron chi connectivity index (χ4n) is 1.52. The SMILES string of the molecule is CC=NOCc1ccc(F)c(Oc2ccccc2)c1. The number of ether oxygens (including phenoxy) is 1. The number of rotatable bonds is 5. The normalized spacial score (nSPS) is 10.6. The molecule has 0 saturated heterocycles. The Morgan fingerprint density at radius 3 is 2.68 bits per heavy atom. The van der Waals surface area contributed by atoms with Gasteiger partial charge in [0.25, 0.3) is 0 Å². The lowest BCUT2D eigenvalue weighted by Crippen LogP contribution is -1.92. The number of nitrogens with zero attached hydrogens (tertiary/aromatic N) is 1. The minimum Gasteiger partial charge on any atom is -0.454 e. The Bertz CT molecular complexity index is 555. The van der Waals surface area contributed by atoms with Gasteiger partial charge in [0.15, 0.2) is 11.6 Å². The Hall–Kier alpha value is -2.36. The summed E-state index contributed by atoms with van der Waals surface area (Å²) in [5.74, 6) is 0.352. The van der Waals surface area contributed by atoms with Crippen molar-refractivity contribution in [3.8, 4) is 11.5 Å². The molecule has 3 nitrogen and oxygen atoms in total. The van der Waals surface area contributed by atoms with Crippen molar-refractivity contribution in [3.63, 3.8) is 0 Å². The van der Waals surface area contributed by atoms with Crippen LogP contribution in [-0.4, -0.2) is 6.21 Å². The van der Waals surface area contributed by atoms with Crippen LogP contribution in [0.1, 0.15) is 12.5 Å². The van der Waals surface area contributed by atoms with Crippen LogP contribution in [-0.2, 0) is 11.4 Å². The molecule has 0 atom stereocenters. The van der Waals surface area contributed by atoms with Gasteiger partial charge in [-0.05, 0) is 36.8 Å². The minimum absolute atomic E-state index is 0.174. The van der Waals surface area contributed by atoms with Gasteiger partial charge < -0.3 is 9.57 Å². The molecule has 0 aliphatic carbocycles. The summed E-state index contributed by atoms with van der Waals surface area (Å²) in [7, 11) is 0. The summed E-state index contributed by atoms with van der Waals surface area (Å²) in [6, 6.07) is 13.7. The number of hydrogen-bond acceptors (Lipinski definition) is 3. The van der Waals surface area contributed by atoms with Gasteiger partial charge in [-0.3, -0.25) is 0 Å². The Morgan fingerprint density at radius 2 is 1.95 bits per heavy atom. The first kappa shape index (κ1) is 13.1. The van der Waals surface area contributed by atoms with E-state index in [0.717, 1.165) is 5.56 Å². The smallest absolute Gasteiger partial charge is 0.165 e. The largest absolute Gasteiger partial charge is 0.454 e. The van der Waals surface area contributed by atoms with Crippen molar-refractivity contribution < 1.29 is 14.0 Å². The maximum atomic E-state index is 13.6. The third kappa shape index (κ3) is 3.81. The quantitative estimate of drug-likeness (QED) is 0.596. The second-order valence-electron chi connectivity index (χ2n) is 3.82. The van der Waals surface area contributed by atoms with Crippen LogP contribution < -0.4 is 4.74 Å². The Kier molecular flexibility index (Phi) is 4.50. The lowest BCUT2D eigenvalue weighted by atomic mass is 10.2. The summed E-state index contributed by atoms with van der Waals surface area (Å²) in [5, 5.41) is 3.64. The van der Waals surface area contributed by atoms with Gasteiger partial charge in [0.1, 0.15) is 12.4 Å². The molecule has 4 heteroatoms. The minimum atomic E-state index is -0.411. The first-order valence-electron chi connectivity index (χ1n) is 5.91. The number of halogens is 1. The molecular weight excluding hydrogens is 245 g/mol. The van der Waals surface area contributed by atoms with Crippen LogP contribution in [0.25, 0.3) is 0 Å². The van der Waals surface area contributed by atoms with Gasteiger partial charge in [0, 0.05) is 6.21 Å². The summed E-state index contributed by atoms with van der Waals surface area (Å²) >= 11 is 0. The molecule has 0 saturated carbocycles. The monoisotopic (exact) mass is 259 g/mol. The molecular formula is C15H14FNO2. The third-order valence-corrected chi connectivity index (χ3v) is 2.38. The van der Waals surface area contributed by atoms with Crippen LogP contribution in [0.2, 0.25) is 0 Å². The van der Waals surface area contributed by atoms with E-state index in [1.54, 1.807) is 37.4 Å². The number of benzene rings is 2. The summed E-state index contributed by atoms with van der Waals surface area (Å²) in [6.45, 7) is 2.03. The summed E-state index contributed by atoms with van der Waals surface area (Å²) < 4.78 is 19.1. The molecule has 2 aromatic carbocycles. The molecule has 0 aliphatic heterocycles. The Balaban J connectivity index is 2.13. The molecule has 0 N–H and O–H groups in total. The van der Waals surface area contributed by atoms with Gasteiger partial charge in [-0.1, -0.05) is 29.4 Å². The zero-order chi connectivity index (χ0) is 13.5. The predicted octanol–water partition coefficient (Wildman–Crippen LogP) is 4.14. The highest BCUT2D eigenvalue weighted by atomic mass is 19.1. The molecule has 0 aliphatic rings. The van der Waals surface area contributed by atoms with Gasteiger partial charge in [-0.25, -0.2) is 4.39 Å². The van der Waals surface area contributed by atoms with E-state index in [1.807, 2.05) is 18.2 Å². The van der Waals surface area contributed by atoms with Gasteiger partial charge in [-0.15, -0.1) is 0 Å². The maximum Gasteiger partial charge on any atom is 0.165 e. The second-order valence-corrected chi connectivity index (χ2v) is 3.82. The van der Waals surface area contributed by atoms with Crippen molar-refractivity contribution in [1.82, 2.24) is 0 Å². The second kappa shape index (κ2) is 6.54. The summed E-state index contributed by atoms with van der Waals surface area (Å²) in [6.07, 6.45) is 1.55. The zero-order valence-corrected chi connectivity index (χ0v) is 10.5. The standard InChI is InChI=1S/C15H14FNO2/c1-2-17-18-11-12-8-9-14(16)15(10-12)19-13-6-4-3-5-7-13/h2-10H,11H2,1H3. The van der Waals surface area contributed by atoms with E-state index in [0.29, 0.717) is 5.75 Å². The van der Waals surface area contributed by atoms with Crippen LogP contribution >= 0.6 is 0 Å². The van der Waals surface area contributed by atoms with E-state index < -0.39 is 5.82 Å². The van der Waals surface area contributed by atoms with Crippen molar-refractivity contribution >= 4 is 6.21 Å². The average molecular weight is 259 g/mol. The van der Waals surface area contributed by atoms with Gasteiger partial charge >= 0.3 is 0 Å². The van der Waals surface area contributed by atoms with Crippen LogP contribution in [0.3, 0.4) is 0 Å². The average Bonchev–Trinajstić information content (AvgIpc) is 2.44. The topological polar surface area (TPSA) is 30.8 Å². The van der Waals surface area contributed by atoms with Crippen LogP contribution in [0.5, 0.6) is 11.5 Å². The van der Waals surface area contributed by atoms with Crippen molar-refractivity contribution in [1.29, 1.82) is 0 Å². The summed E-state index contributed by atoms with van der Waals surface area (Å²) in [5.41, 5.74) is 0.790. The molecule has 2 rings (SSSR count). The highest BCUT2D eigenvalue weighted by Crippen LogP contribution is 2.25. The number of hydrogen-bond donors (Lipinski definition) is 0. The van der Waals surface area contributed by atoms with E-state index >= 15 is 0 Å². The predicted molar refractivity (Wildman–Crippen MR) is 71.9 cm³/mol.